The van der Waals surface area contributed by atoms with E-state index in [0.717, 1.165) is 6.42 Å². The molecule has 26 nitrogen and oxygen atoms in total. The number of ether oxygens (including phenoxy) is 8. The first kappa shape index (κ1) is 65.0. The van der Waals surface area contributed by atoms with Crippen molar-refractivity contribution in [3.63, 3.8) is 0 Å². The van der Waals surface area contributed by atoms with Gasteiger partial charge in [-0.05, 0) is 134 Å². The monoisotopic (exact) mass is 1190 g/mol. The molecule has 4 N–H and O–H groups in total. The van der Waals surface area contributed by atoms with Crippen molar-refractivity contribution < 1.29 is 66.7 Å². The number of imidazole rings is 2. The van der Waals surface area contributed by atoms with Crippen LogP contribution in [0.3, 0.4) is 0 Å². The molecule has 2 aliphatic rings. The number of aromatic nitrogens is 8. The predicted molar refractivity (Wildman–Crippen MR) is 317 cm³/mol. The van der Waals surface area contributed by atoms with E-state index in [0.29, 0.717) is 38.5 Å². The van der Waals surface area contributed by atoms with E-state index in [1.54, 1.807) is 156 Å². The molecule has 0 unspecified atom stereocenters. The fraction of sp³-hybridized carbons (Fsp3) is 0.533. The van der Waals surface area contributed by atoms with Crippen LogP contribution in [0, 0.1) is 11.8 Å². The van der Waals surface area contributed by atoms with Crippen LogP contribution in [0.15, 0.2) is 73.3 Å². The molecule has 0 radical (unpaired) electrons. The van der Waals surface area contributed by atoms with E-state index in [-0.39, 0.29) is 35.0 Å². The summed E-state index contributed by atoms with van der Waals surface area (Å²) in [6.07, 6.45) is -3.01. The van der Waals surface area contributed by atoms with Gasteiger partial charge in [-0.25, -0.2) is 38.7 Å². The molecule has 0 bridgehead atoms. The van der Waals surface area contributed by atoms with Crippen LogP contribution in [0.25, 0.3) is 22.3 Å². The number of rotatable bonds is 10. The SMILES string of the molecule is CC[C@H]1O[C@@H](n2cnc3c(N(C(=O)OC(C)(C)C)C(=O)OC(C)(C)C)nc(N(C(=O)OC(C)(C)C)C(=O)OC(C)(C)C)nc32)[C@](C)(OC(=O)c2ccccc2)[C@@H]1C.CC[C@H]1O[C@@H](n2cnc3c(N)nc(N)nc32)[C@](C)(OC(=O)c2ccccc2)[C@@H]1C. The molecule has 2 aliphatic heterocycles. The van der Waals surface area contributed by atoms with Gasteiger partial charge in [-0.1, -0.05) is 64.1 Å². The van der Waals surface area contributed by atoms with Crippen molar-refractivity contribution >= 4 is 82.2 Å². The smallest absolute Gasteiger partial charge is 0.427 e. The molecule has 0 saturated carbocycles. The number of fused-ring (bicyclic) bond motifs is 2. The molecule has 8 rings (SSSR count). The Kier molecular flexibility index (Phi) is 18.5. The summed E-state index contributed by atoms with van der Waals surface area (Å²) in [5, 5.41) is 0. The van der Waals surface area contributed by atoms with E-state index in [2.05, 4.69) is 29.9 Å². The molecule has 2 fully saturated rings. The molecule has 4 aromatic heterocycles. The maximum absolute atomic E-state index is 14.0. The molecule has 26 heteroatoms. The first-order valence-corrected chi connectivity index (χ1v) is 28.3. The van der Waals surface area contributed by atoms with Crippen molar-refractivity contribution in [1.82, 2.24) is 39.0 Å². The van der Waals surface area contributed by atoms with E-state index in [9.17, 15) is 28.8 Å². The second-order valence-corrected chi connectivity index (χ2v) is 25.4. The molecule has 6 aromatic rings. The van der Waals surface area contributed by atoms with Gasteiger partial charge in [-0.15, -0.1) is 4.90 Å². The van der Waals surface area contributed by atoms with Gasteiger partial charge in [0, 0.05) is 11.8 Å². The minimum absolute atomic E-state index is 0.0396. The number of imide groups is 2. The Morgan fingerprint density at radius 3 is 1.27 bits per heavy atom. The number of amides is 4. The first-order chi connectivity index (χ1) is 39.9. The van der Waals surface area contributed by atoms with Gasteiger partial charge in [0.05, 0.1) is 36.0 Å². The van der Waals surface area contributed by atoms with Crippen molar-refractivity contribution in [2.45, 2.75) is 196 Å². The van der Waals surface area contributed by atoms with Gasteiger partial charge in [0.1, 0.15) is 27.9 Å². The van der Waals surface area contributed by atoms with Gasteiger partial charge >= 0.3 is 36.3 Å². The molecular weight excluding hydrogens is 1110 g/mol. The Labute approximate surface area is 499 Å². The molecule has 86 heavy (non-hydrogen) atoms. The van der Waals surface area contributed by atoms with Gasteiger partial charge in [-0.2, -0.15) is 24.8 Å². The standard InChI is InChI=1S/C40H56N6O11.C20H24N6O3/c1-16-25-23(2)40(15,53-29(47)24-20-18-17-19-21-24)30(52-25)44-22-41-26-27(44)42-31(46(34(50)56-38(9,10)11)35(51)57-39(12,13)14)43-28(26)45(32(48)54-36(3,4)5)33(49)55-37(6,7)8;1-4-13-11(2)20(3,29-17(27)12-8-6-5-7-9-12)18(28-13)26-10-23-14-15(21)24-19(22)25-16(14)26/h17-23,25,30H,16H2,1-15H3;5-11,13,18H,4H2,1-3H3,(H4,21,22,24,25)/t23-,25-,30-,40-;11-,13-,18-,20-/m11/s1. The molecule has 8 atom stereocenters. The average Bonchev–Trinajstić information content (AvgIpc) is 1.71. The lowest BCUT2D eigenvalue weighted by Gasteiger charge is -2.34. The van der Waals surface area contributed by atoms with Gasteiger partial charge in [-0.3, -0.25) is 9.13 Å². The number of esters is 2. The van der Waals surface area contributed by atoms with Crippen LogP contribution >= 0.6 is 0 Å². The summed E-state index contributed by atoms with van der Waals surface area (Å²) in [5.74, 6) is -2.44. The Balaban J connectivity index is 0.000000302. The zero-order valence-corrected chi connectivity index (χ0v) is 52.1. The maximum Gasteiger partial charge on any atom is 0.427 e. The van der Waals surface area contributed by atoms with Crippen LogP contribution < -0.4 is 21.3 Å². The Morgan fingerprint density at radius 1 is 0.535 bits per heavy atom. The predicted octanol–water partition coefficient (Wildman–Crippen LogP) is 11.3. The van der Waals surface area contributed by atoms with Crippen LogP contribution in [-0.4, -0.2) is 121 Å². The fourth-order valence-corrected chi connectivity index (χ4v) is 9.72. The molecule has 2 aromatic carbocycles. The number of nitrogens with zero attached hydrogens (tertiary/aromatic N) is 10. The number of nitrogens with two attached hydrogens (primary N) is 2. The average molecular weight is 1190 g/mol. The molecule has 0 spiro atoms. The molecule has 2 saturated heterocycles. The lowest BCUT2D eigenvalue weighted by molar-refractivity contribution is -0.0949. The highest BCUT2D eigenvalue weighted by Gasteiger charge is 2.57. The van der Waals surface area contributed by atoms with Crippen molar-refractivity contribution in [3.05, 3.63) is 84.4 Å². The lowest BCUT2D eigenvalue weighted by Crippen LogP contribution is -2.46. The second-order valence-electron chi connectivity index (χ2n) is 25.4. The minimum atomic E-state index is -1.38. The Hall–Kier alpha value is -8.52. The van der Waals surface area contributed by atoms with Crippen molar-refractivity contribution in [3.8, 4) is 0 Å². The summed E-state index contributed by atoms with van der Waals surface area (Å²) in [6, 6.07) is 17.3. The highest BCUT2D eigenvalue weighted by Crippen LogP contribution is 2.49. The maximum atomic E-state index is 14.0. The van der Waals surface area contributed by atoms with Crippen LogP contribution in [0.1, 0.15) is 171 Å². The number of hydrogen-bond donors (Lipinski definition) is 2. The third kappa shape index (κ3) is 14.2. The fourth-order valence-electron chi connectivity index (χ4n) is 9.72. The molecule has 4 amide bonds. The second kappa shape index (κ2) is 24.5. The quantitative estimate of drug-likeness (QED) is 0.0950. The summed E-state index contributed by atoms with van der Waals surface area (Å²) in [4.78, 5) is 110. The topological polar surface area (TPSA) is 322 Å². The summed E-state index contributed by atoms with van der Waals surface area (Å²) in [5.41, 5.74) is 6.27. The van der Waals surface area contributed by atoms with Crippen LogP contribution in [0.5, 0.6) is 0 Å². The van der Waals surface area contributed by atoms with Gasteiger partial charge in [0.2, 0.25) is 11.9 Å². The van der Waals surface area contributed by atoms with E-state index >= 15 is 0 Å². The zero-order valence-electron chi connectivity index (χ0n) is 52.1. The van der Waals surface area contributed by atoms with E-state index in [1.807, 2.05) is 40.7 Å². The molecule has 6 heterocycles. The van der Waals surface area contributed by atoms with E-state index < -0.39 is 106 Å². The Bertz CT molecular complexity index is 3420. The number of carbonyl (C=O) groups excluding carboxylic acids is 6. The lowest BCUT2D eigenvalue weighted by atomic mass is 9.86. The highest BCUT2D eigenvalue weighted by atomic mass is 16.6. The summed E-state index contributed by atoms with van der Waals surface area (Å²) < 4.78 is 50.9. The number of benzene rings is 2. The van der Waals surface area contributed by atoms with Gasteiger partial charge in [0.25, 0.3) is 0 Å². The van der Waals surface area contributed by atoms with Crippen molar-refractivity contribution in [1.29, 1.82) is 0 Å². The normalized spacial score (nSPS) is 22.3. The number of hydrogen-bond acceptors (Lipinski definition) is 22. The van der Waals surface area contributed by atoms with Crippen molar-refractivity contribution in [2.24, 2.45) is 11.8 Å². The third-order valence-corrected chi connectivity index (χ3v) is 14.0. The van der Waals surface area contributed by atoms with Crippen LogP contribution in [0.2, 0.25) is 0 Å². The van der Waals surface area contributed by atoms with Crippen LogP contribution in [-0.2, 0) is 37.9 Å². The Morgan fingerprint density at radius 2 is 0.895 bits per heavy atom. The largest absolute Gasteiger partial charge is 0.451 e. The minimum Gasteiger partial charge on any atom is -0.451 e. The number of anilines is 4. The zero-order chi connectivity index (χ0) is 63.8. The van der Waals surface area contributed by atoms with E-state index in [4.69, 9.17) is 49.4 Å². The summed E-state index contributed by atoms with van der Waals surface area (Å²) >= 11 is 0. The van der Waals surface area contributed by atoms with Gasteiger partial charge in [0.15, 0.2) is 52.1 Å². The molecule has 464 valence electrons. The summed E-state index contributed by atoms with van der Waals surface area (Å²) in [6.45, 7) is 30.6. The number of carbonyl (C=O) groups is 6. The molecule has 0 aliphatic carbocycles. The number of nitrogen functional groups attached to an aromatic ring is 2. The highest BCUT2D eigenvalue weighted by molar-refractivity contribution is 6.14. The van der Waals surface area contributed by atoms with Gasteiger partial charge < -0.3 is 49.4 Å². The van der Waals surface area contributed by atoms with E-state index in [1.165, 1.54) is 10.9 Å². The first-order valence-electron chi connectivity index (χ1n) is 28.3. The van der Waals surface area contributed by atoms with Crippen molar-refractivity contribution in [2.75, 3.05) is 21.3 Å². The third-order valence-electron chi connectivity index (χ3n) is 14.0. The van der Waals surface area contributed by atoms with Crippen LogP contribution in [0.4, 0.5) is 42.7 Å². The summed E-state index contributed by atoms with van der Waals surface area (Å²) in [7, 11) is 0. The molecular formula is C60H80N12O14.